The minimum Gasteiger partial charge on any atom is -0.457 e. The van der Waals surface area contributed by atoms with E-state index >= 15 is 0 Å². The number of thiocarbonyl (C=S) groups is 1. The van der Waals surface area contributed by atoms with Gasteiger partial charge in [0.15, 0.2) is 15.7 Å². The molecule has 0 saturated carbocycles. The summed E-state index contributed by atoms with van der Waals surface area (Å²) in [5.41, 5.74) is 2.57. The van der Waals surface area contributed by atoms with Gasteiger partial charge in [0.2, 0.25) is 0 Å². The van der Waals surface area contributed by atoms with Gasteiger partial charge >= 0.3 is 0 Å². The Morgan fingerprint density at radius 1 is 1.09 bits per heavy atom. The van der Waals surface area contributed by atoms with Crippen molar-refractivity contribution in [3.63, 3.8) is 0 Å². The van der Waals surface area contributed by atoms with Crippen LogP contribution in [0.4, 0.5) is 0 Å². The zero-order valence-electron chi connectivity index (χ0n) is 18.9. The van der Waals surface area contributed by atoms with Gasteiger partial charge in [-0.1, -0.05) is 18.3 Å². The van der Waals surface area contributed by atoms with Crippen molar-refractivity contribution in [2.75, 3.05) is 12.8 Å². The molecule has 34 heavy (non-hydrogen) atoms. The van der Waals surface area contributed by atoms with Crippen LogP contribution in [0.15, 0.2) is 71.8 Å². The predicted octanol–water partition coefficient (Wildman–Crippen LogP) is 5.24. The lowest BCUT2D eigenvalue weighted by molar-refractivity contribution is 0.313. The SMILES string of the molecule is CC(=S)N1CCCC1n1c(-c2ccccn2)nc2ccc(Oc3ccc(S(C)(=O)=O)cc3)cc21. The summed E-state index contributed by atoms with van der Waals surface area (Å²) in [6, 6.07) is 18.0. The Labute approximate surface area is 203 Å². The van der Waals surface area contributed by atoms with Gasteiger partial charge in [0, 0.05) is 25.1 Å². The van der Waals surface area contributed by atoms with Crippen molar-refractivity contribution in [2.24, 2.45) is 0 Å². The number of sulfone groups is 1. The molecule has 7 nitrogen and oxygen atoms in total. The average molecular weight is 493 g/mol. The van der Waals surface area contributed by atoms with E-state index in [-0.39, 0.29) is 11.1 Å². The van der Waals surface area contributed by atoms with Crippen molar-refractivity contribution in [1.82, 2.24) is 19.4 Å². The van der Waals surface area contributed by atoms with Crippen LogP contribution in [0.2, 0.25) is 0 Å². The number of ether oxygens (including phenoxy) is 1. The Morgan fingerprint density at radius 2 is 1.85 bits per heavy atom. The van der Waals surface area contributed by atoms with Gasteiger partial charge in [-0.15, -0.1) is 0 Å². The van der Waals surface area contributed by atoms with Crippen molar-refractivity contribution in [1.29, 1.82) is 0 Å². The quantitative estimate of drug-likeness (QED) is 0.353. The number of aromatic nitrogens is 3. The maximum Gasteiger partial charge on any atom is 0.175 e. The molecular formula is C25H24N4O3S2. The van der Waals surface area contributed by atoms with Crippen LogP contribution in [0, 0.1) is 0 Å². The number of fused-ring (bicyclic) bond motifs is 1. The van der Waals surface area contributed by atoms with Gasteiger partial charge < -0.3 is 14.2 Å². The van der Waals surface area contributed by atoms with E-state index < -0.39 is 9.84 Å². The molecule has 1 fully saturated rings. The number of imidazole rings is 1. The van der Waals surface area contributed by atoms with Gasteiger partial charge in [0.25, 0.3) is 0 Å². The molecule has 0 amide bonds. The lowest BCUT2D eigenvalue weighted by Gasteiger charge is -2.28. The maximum absolute atomic E-state index is 11.7. The molecule has 2 aromatic carbocycles. The number of hydrogen-bond donors (Lipinski definition) is 0. The molecule has 1 aliphatic heterocycles. The third-order valence-corrected chi connectivity index (χ3v) is 7.33. The van der Waals surface area contributed by atoms with Gasteiger partial charge in [-0.3, -0.25) is 4.98 Å². The van der Waals surface area contributed by atoms with Crippen LogP contribution in [0.3, 0.4) is 0 Å². The minimum atomic E-state index is -3.26. The van der Waals surface area contributed by atoms with Gasteiger partial charge in [0.05, 0.1) is 20.9 Å². The lowest BCUT2D eigenvalue weighted by Crippen LogP contribution is -2.30. The Kier molecular flexibility index (Phi) is 5.83. The average Bonchev–Trinajstić information content (AvgIpc) is 3.44. The predicted molar refractivity (Wildman–Crippen MR) is 136 cm³/mol. The van der Waals surface area contributed by atoms with Crippen LogP contribution < -0.4 is 4.74 Å². The molecule has 5 rings (SSSR count). The van der Waals surface area contributed by atoms with Gasteiger partial charge in [-0.2, -0.15) is 0 Å². The first kappa shape index (κ1) is 22.5. The van der Waals surface area contributed by atoms with E-state index in [2.05, 4.69) is 14.5 Å². The zero-order valence-corrected chi connectivity index (χ0v) is 20.5. The molecular weight excluding hydrogens is 468 g/mol. The smallest absolute Gasteiger partial charge is 0.175 e. The molecule has 0 aliphatic carbocycles. The molecule has 174 valence electrons. The molecule has 0 bridgehead atoms. The number of pyridine rings is 1. The molecule has 0 N–H and O–H groups in total. The zero-order chi connectivity index (χ0) is 23.9. The van der Waals surface area contributed by atoms with E-state index in [0.29, 0.717) is 11.5 Å². The highest BCUT2D eigenvalue weighted by molar-refractivity contribution is 7.90. The largest absolute Gasteiger partial charge is 0.457 e. The summed E-state index contributed by atoms with van der Waals surface area (Å²) < 4.78 is 31.8. The van der Waals surface area contributed by atoms with E-state index in [4.69, 9.17) is 21.9 Å². The van der Waals surface area contributed by atoms with Crippen LogP contribution in [-0.2, 0) is 9.84 Å². The third kappa shape index (κ3) is 4.28. The molecule has 0 radical (unpaired) electrons. The van der Waals surface area contributed by atoms with E-state index in [9.17, 15) is 8.42 Å². The Hall–Kier alpha value is -3.30. The second kappa shape index (κ2) is 8.81. The van der Waals surface area contributed by atoms with Crippen molar-refractivity contribution < 1.29 is 13.2 Å². The molecule has 1 aliphatic rings. The molecule has 0 spiro atoms. The fourth-order valence-electron chi connectivity index (χ4n) is 4.39. The Bertz CT molecular complexity index is 1470. The highest BCUT2D eigenvalue weighted by atomic mass is 32.2. The standard InChI is InChI=1S/C25H24N4O3S2/c1-17(33)28-15-5-7-24(28)29-23-16-19(32-18-8-11-20(12-9-18)34(2,30)31)10-13-21(23)27-25(29)22-6-3-4-14-26-22/h3-4,6,8-14,16,24H,5,7,15H2,1-2H3. The van der Waals surface area contributed by atoms with Crippen LogP contribution >= 0.6 is 12.2 Å². The topological polar surface area (TPSA) is 77.3 Å². The number of nitrogens with zero attached hydrogens (tertiary/aromatic N) is 4. The van der Waals surface area contributed by atoms with Gasteiger partial charge in [0.1, 0.15) is 23.4 Å². The first-order valence-electron chi connectivity index (χ1n) is 11.0. The molecule has 1 saturated heterocycles. The van der Waals surface area contributed by atoms with Crippen LogP contribution in [-0.4, -0.2) is 45.6 Å². The Balaban J connectivity index is 1.59. The summed E-state index contributed by atoms with van der Waals surface area (Å²) >= 11 is 5.55. The van der Waals surface area contributed by atoms with Crippen molar-refractivity contribution >= 4 is 38.1 Å². The van der Waals surface area contributed by atoms with Gasteiger partial charge in [-0.05, 0) is 68.3 Å². The summed E-state index contributed by atoms with van der Waals surface area (Å²) in [4.78, 5) is 12.8. The van der Waals surface area contributed by atoms with Crippen LogP contribution in [0.25, 0.3) is 22.6 Å². The third-order valence-electron chi connectivity index (χ3n) is 5.97. The second-order valence-electron chi connectivity index (χ2n) is 8.35. The normalized spacial score (nSPS) is 16.2. The monoisotopic (exact) mass is 492 g/mol. The summed E-state index contributed by atoms with van der Waals surface area (Å²) in [7, 11) is -3.26. The first-order valence-corrected chi connectivity index (χ1v) is 13.3. The summed E-state index contributed by atoms with van der Waals surface area (Å²) in [5.74, 6) is 1.98. The second-order valence-corrected chi connectivity index (χ2v) is 11.0. The number of benzene rings is 2. The Morgan fingerprint density at radius 3 is 2.53 bits per heavy atom. The summed E-state index contributed by atoms with van der Waals surface area (Å²) in [6.07, 6.45) is 5.00. The molecule has 9 heteroatoms. The number of rotatable bonds is 5. The molecule has 3 heterocycles. The van der Waals surface area contributed by atoms with Crippen molar-refractivity contribution in [3.8, 4) is 23.0 Å². The van der Waals surface area contributed by atoms with Crippen molar-refractivity contribution in [2.45, 2.75) is 30.8 Å². The maximum atomic E-state index is 11.7. The number of likely N-dealkylation sites (tertiary alicyclic amines) is 1. The lowest BCUT2D eigenvalue weighted by atomic mass is 10.2. The fraction of sp³-hybridized carbons (Fsp3) is 0.240. The van der Waals surface area contributed by atoms with Crippen molar-refractivity contribution in [3.05, 3.63) is 66.9 Å². The van der Waals surface area contributed by atoms with Gasteiger partial charge in [-0.25, -0.2) is 13.4 Å². The summed E-state index contributed by atoms with van der Waals surface area (Å²) in [5, 5.41) is 0. The highest BCUT2D eigenvalue weighted by Gasteiger charge is 2.30. The molecule has 1 unspecified atom stereocenters. The fourth-order valence-corrected chi connectivity index (χ4v) is 5.23. The van der Waals surface area contributed by atoms with E-state index in [1.54, 1.807) is 30.5 Å². The first-order chi connectivity index (χ1) is 16.3. The molecule has 4 aromatic rings. The highest BCUT2D eigenvalue weighted by Crippen LogP contribution is 2.37. The van der Waals surface area contributed by atoms with E-state index in [1.807, 2.05) is 43.3 Å². The van der Waals surface area contributed by atoms with Crippen LogP contribution in [0.1, 0.15) is 25.9 Å². The molecule has 2 aromatic heterocycles. The van der Waals surface area contributed by atoms with Crippen LogP contribution in [0.5, 0.6) is 11.5 Å². The van der Waals surface area contributed by atoms with E-state index in [0.717, 1.165) is 46.9 Å². The number of hydrogen-bond acceptors (Lipinski definition) is 6. The van der Waals surface area contributed by atoms with E-state index in [1.165, 1.54) is 6.26 Å². The minimum absolute atomic E-state index is 0.0452. The molecule has 1 atom stereocenters. The summed E-state index contributed by atoms with van der Waals surface area (Å²) in [6.45, 7) is 2.87.